The summed E-state index contributed by atoms with van der Waals surface area (Å²) in [6.07, 6.45) is 1.83. The molecule has 0 bridgehead atoms. The minimum atomic E-state index is -0.449. The molecule has 0 spiro atoms. The van der Waals surface area contributed by atoms with Crippen LogP contribution in [0, 0.1) is 0 Å². The molecule has 0 aromatic heterocycles. The Morgan fingerprint density at radius 3 is 2.58 bits per heavy atom. The molecule has 2 aliphatic heterocycles. The van der Waals surface area contributed by atoms with Gasteiger partial charge < -0.3 is 10.2 Å². The van der Waals surface area contributed by atoms with Crippen molar-refractivity contribution in [3.8, 4) is 0 Å². The van der Waals surface area contributed by atoms with Gasteiger partial charge in [0.25, 0.3) is 11.0 Å². The first-order valence-electron chi connectivity index (χ1n) is 7.86. The van der Waals surface area contributed by atoms with E-state index >= 15 is 0 Å². The number of carbonyl (C=O) groups is 2. The number of piperazine rings is 1. The Hall–Kier alpha value is -0.950. The molecule has 1 unspecified atom stereocenters. The van der Waals surface area contributed by atoms with E-state index in [9.17, 15) is 9.59 Å². The van der Waals surface area contributed by atoms with Crippen LogP contribution in [0.3, 0.4) is 0 Å². The van der Waals surface area contributed by atoms with Gasteiger partial charge in [-0.1, -0.05) is 29.4 Å². The van der Waals surface area contributed by atoms with Crippen molar-refractivity contribution in [2.75, 3.05) is 37.6 Å². The molecule has 8 heteroatoms. The highest BCUT2D eigenvalue weighted by molar-refractivity contribution is 8.16. The smallest absolute Gasteiger partial charge is 0.299 e. The van der Waals surface area contributed by atoms with Crippen LogP contribution in [0.4, 0.5) is 5.69 Å². The predicted octanol–water partition coefficient (Wildman–Crippen LogP) is 2.38. The minimum Gasteiger partial charge on any atom is -0.369 e. The Bertz CT molecular complexity index is 578. The van der Waals surface area contributed by atoms with Crippen LogP contribution < -0.4 is 10.2 Å². The van der Waals surface area contributed by atoms with Gasteiger partial charge in [0.1, 0.15) is 0 Å². The molecule has 5 nitrogen and oxygen atoms in total. The largest absolute Gasteiger partial charge is 0.369 e. The molecule has 0 aliphatic carbocycles. The molecule has 0 radical (unpaired) electrons. The first-order chi connectivity index (χ1) is 11.1. The second kappa shape index (κ2) is 8.94. The van der Waals surface area contributed by atoms with Crippen LogP contribution in [0.15, 0.2) is 24.3 Å². The highest BCUT2D eigenvalue weighted by Gasteiger charge is 2.30. The fraction of sp³-hybridized carbons (Fsp3) is 0.500. The van der Waals surface area contributed by atoms with Crippen molar-refractivity contribution in [1.29, 1.82) is 0 Å². The number of benzene rings is 1. The van der Waals surface area contributed by atoms with E-state index in [0.717, 1.165) is 62.3 Å². The summed E-state index contributed by atoms with van der Waals surface area (Å²) in [5, 5.41) is 3.09. The lowest BCUT2D eigenvalue weighted by Gasteiger charge is -2.36. The Labute approximate surface area is 157 Å². The van der Waals surface area contributed by atoms with Crippen molar-refractivity contribution in [2.24, 2.45) is 0 Å². The summed E-state index contributed by atoms with van der Waals surface area (Å²) < 4.78 is 0. The van der Waals surface area contributed by atoms with E-state index in [4.69, 9.17) is 11.6 Å². The number of carbonyl (C=O) groups excluding carboxylic acids is 2. The summed E-state index contributed by atoms with van der Waals surface area (Å²) >= 11 is 7.17. The molecule has 3 rings (SSSR count). The van der Waals surface area contributed by atoms with Gasteiger partial charge in [0.15, 0.2) is 0 Å². The van der Waals surface area contributed by atoms with Crippen LogP contribution in [0.25, 0.3) is 0 Å². The maximum Gasteiger partial charge on any atom is 0.299 e. The molecule has 1 amide bonds. The molecule has 1 aromatic carbocycles. The molecule has 2 heterocycles. The van der Waals surface area contributed by atoms with Crippen molar-refractivity contribution >= 4 is 52.5 Å². The van der Waals surface area contributed by atoms with Gasteiger partial charge in [0, 0.05) is 36.9 Å². The second-order valence-electron chi connectivity index (χ2n) is 5.82. The highest BCUT2D eigenvalue weighted by atomic mass is 35.5. The number of nitrogens with one attached hydrogen (secondary N) is 1. The Morgan fingerprint density at radius 2 is 1.96 bits per heavy atom. The van der Waals surface area contributed by atoms with E-state index in [1.54, 1.807) is 0 Å². The van der Waals surface area contributed by atoms with E-state index < -0.39 is 5.91 Å². The third-order valence-corrected chi connectivity index (χ3v) is 5.49. The molecule has 2 saturated heterocycles. The normalized spacial score (nSPS) is 21.5. The topological polar surface area (TPSA) is 52.7 Å². The van der Waals surface area contributed by atoms with Gasteiger partial charge >= 0.3 is 0 Å². The van der Waals surface area contributed by atoms with Gasteiger partial charge in [0.2, 0.25) is 0 Å². The standard InChI is InChI=1S/C16H20ClN3O2S.ClH/c17-12-3-1-4-13(11-12)20-9-7-19(8-10-20)6-2-5-14-18-15(21)16(22)23-14;/h1,3-4,11,14H,2,5-10H2,(H,18,21);1H. The average Bonchev–Trinajstić information content (AvgIpc) is 2.86. The molecule has 1 N–H and O–H groups in total. The average molecular weight is 390 g/mol. The van der Waals surface area contributed by atoms with Gasteiger partial charge in [-0.3, -0.25) is 14.5 Å². The zero-order chi connectivity index (χ0) is 16.2. The van der Waals surface area contributed by atoms with E-state index in [2.05, 4.69) is 21.2 Å². The molecular weight excluding hydrogens is 369 g/mol. The summed E-state index contributed by atoms with van der Waals surface area (Å²) in [6, 6.07) is 7.98. The Kier molecular flexibility index (Phi) is 7.22. The second-order valence-corrected chi connectivity index (χ2v) is 7.43. The fourth-order valence-corrected chi connectivity index (χ4v) is 4.01. The fourth-order valence-electron chi connectivity index (χ4n) is 2.95. The lowest BCUT2D eigenvalue weighted by molar-refractivity contribution is -0.132. The van der Waals surface area contributed by atoms with Crippen molar-refractivity contribution in [1.82, 2.24) is 10.2 Å². The van der Waals surface area contributed by atoms with E-state index in [1.165, 1.54) is 5.69 Å². The molecule has 2 aliphatic rings. The SMILES string of the molecule is Cl.O=C1NC(CCCN2CCN(c3cccc(Cl)c3)CC2)SC1=O. The Balaban J connectivity index is 0.00000208. The lowest BCUT2D eigenvalue weighted by atomic mass is 10.2. The number of anilines is 1. The minimum absolute atomic E-state index is 0. The molecule has 1 aromatic rings. The van der Waals surface area contributed by atoms with Crippen molar-refractivity contribution in [3.05, 3.63) is 29.3 Å². The highest BCUT2D eigenvalue weighted by Crippen LogP contribution is 2.22. The number of amides is 1. The monoisotopic (exact) mass is 389 g/mol. The molecule has 24 heavy (non-hydrogen) atoms. The van der Waals surface area contributed by atoms with Crippen molar-refractivity contribution in [3.63, 3.8) is 0 Å². The molecule has 132 valence electrons. The summed E-state index contributed by atoms with van der Waals surface area (Å²) in [4.78, 5) is 27.1. The molecule has 1 atom stereocenters. The zero-order valence-electron chi connectivity index (χ0n) is 13.2. The van der Waals surface area contributed by atoms with Gasteiger partial charge in [-0.15, -0.1) is 12.4 Å². The Morgan fingerprint density at radius 1 is 1.21 bits per heavy atom. The lowest BCUT2D eigenvalue weighted by Crippen LogP contribution is -2.46. The number of hydrogen-bond acceptors (Lipinski definition) is 5. The van der Waals surface area contributed by atoms with Crippen LogP contribution >= 0.6 is 35.8 Å². The van der Waals surface area contributed by atoms with E-state index in [0.29, 0.717) is 0 Å². The summed E-state index contributed by atoms with van der Waals surface area (Å²) in [5.41, 5.74) is 1.18. The van der Waals surface area contributed by atoms with Gasteiger partial charge in [-0.25, -0.2) is 0 Å². The quantitative estimate of drug-likeness (QED) is 0.783. The van der Waals surface area contributed by atoms with Gasteiger partial charge in [-0.05, 0) is 37.6 Å². The number of halogens is 2. The van der Waals surface area contributed by atoms with Crippen LogP contribution in [-0.4, -0.2) is 54.0 Å². The third kappa shape index (κ3) is 5.02. The molecule has 0 saturated carbocycles. The number of nitrogens with zero attached hydrogens (tertiary/aromatic N) is 2. The van der Waals surface area contributed by atoms with E-state index in [1.807, 2.05) is 18.2 Å². The first-order valence-corrected chi connectivity index (χ1v) is 9.12. The van der Waals surface area contributed by atoms with Gasteiger partial charge in [-0.2, -0.15) is 0 Å². The van der Waals surface area contributed by atoms with Crippen LogP contribution in [0.1, 0.15) is 12.8 Å². The predicted molar refractivity (Wildman–Crippen MR) is 101 cm³/mol. The van der Waals surface area contributed by atoms with Gasteiger partial charge in [0.05, 0.1) is 5.37 Å². The maximum absolute atomic E-state index is 11.2. The zero-order valence-corrected chi connectivity index (χ0v) is 15.6. The summed E-state index contributed by atoms with van der Waals surface area (Å²) in [6.45, 7) is 5.04. The van der Waals surface area contributed by atoms with Crippen LogP contribution in [-0.2, 0) is 9.59 Å². The maximum atomic E-state index is 11.2. The van der Waals surface area contributed by atoms with Crippen LogP contribution in [0.5, 0.6) is 0 Å². The molecular formula is C16H21Cl2N3O2S. The first kappa shape index (κ1) is 19.4. The number of thioether (sulfide) groups is 1. The summed E-state index contributed by atoms with van der Waals surface area (Å²) in [5.74, 6) is -0.449. The number of rotatable bonds is 5. The molecule has 2 fully saturated rings. The van der Waals surface area contributed by atoms with E-state index in [-0.39, 0.29) is 22.9 Å². The summed E-state index contributed by atoms with van der Waals surface area (Å²) in [7, 11) is 0. The third-order valence-electron chi connectivity index (χ3n) is 4.21. The number of hydrogen-bond donors (Lipinski definition) is 1. The van der Waals surface area contributed by atoms with Crippen molar-refractivity contribution in [2.45, 2.75) is 18.2 Å². The van der Waals surface area contributed by atoms with Crippen LogP contribution in [0.2, 0.25) is 5.02 Å². The van der Waals surface area contributed by atoms with Crippen molar-refractivity contribution < 1.29 is 9.59 Å².